The zero-order valence-electron chi connectivity index (χ0n) is 19.0. The monoisotopic (exact) mass is 442 g/mol. The Bertz CT molecular complexity index is 1360. The zero-order chi connectivity index (χ0) is 22.5. The average molecular weight is 443 g/mol. The van der Waals surface area contributed by atoms with Crippen molar-refractivity contribution in [2.24, 2.45) is 0 Å². The maximum atomic E-state index is 14.0. The van der Waals surface area contributed by atoms with Gasteiger partial charge in [0, 0.05) is 35.7 Å². The van der Waals surface area contributed by atoms with Crippen molar-refractivity contribution in [1.29, 1.82) is 0 Å². The summed E-state index contributed by atoms with van der Waals surface area (Å²) in [6.07, 6.45) is 1.96. The number of methoxy groups -OCH3 is 1. The summed E-state index contributed by atoms with van der Waals surface area (Å²) in [7, 11) is 1.67. The third-order valence-corrected chi connectivity index (χ3v) is 7.18. The maximum absolute atomic E-state index is 14.0. The molecule has 6 rings (SSSR count). The molecule has 2 aliphatic heterocycles. The first-order valence-electron chi connectivity index (χ1n) is 11.5. The first-order valence-corrected chi connectivity index (χ1v) is 11.5. The lowest BCUT2D eigenvalue weighted by molar-refractivity contribution is 0.158. The number of aromatic nitrogens is 1. The topological polar surface area (TPSA) is 37.5 Å². The molecule has 0 bridgehead atoms. The molecule has 0 aliphatic carbocycles. The number of aryl methyl sites for hydroxylation is 1. The smallest absolute Gasteiger partial charge is 0.162 e. The van der Waals surface area contributed by atoms with Crippen molar-refractivity contribution in [3.05, 3.63) is 93.9 Å². The van der Waals surface area contributed by atoms with Gasteiger partial charge in [0.2, 0.25) is 0 Å². The van der Waals surface area contributed by atoms with Gasteiger partial charge in [-0.3, -0.25) is 4.90 Å². The van der Waals surface area contributed by atoms with E-state index in [0.717, 1.165) is 37.2 Å². The van der Waals surface area contributed by atoms with Crippen molar-refractivity contribution in [3.63, 3.8) is 0 Å². The summed E-state index contributed by atoms with van der Waals surface area (Å²) in [5.74, 6) is 1.24. The highest BCUT2D eigenvalue weighted by Crippen LogP contribution is 2.44. The quantitative estimate of drug-likeness (QED) is 0.430. The van der Waals surface area contributed by atoms with Crippen LogP contribution in [0.1, 0.15) is 39.6 Å². The van der Waals surface area contributed by atoms with Gasteiger partial charge in [0.25, 0.3) is 0 Å². The van der Waals surface area contributed by atoms with E-state index >= 15 is 0 Å². The van der Waals surface area contributed by atoms with Crippen LogP contribution in [-0.4, -0.2) is 23.5 Å². The van der Waals surface area contributed by atoms with Crippen LogP contribution >= 0.6 is 0 Å². The molecule has 0 fully saturated rings. The maximum Gasteiger partial charge on any atom is 0.162 e. The molecule has 2 aliphatic rings. The lowest BCUT2D eigenvalue weighted by Crippen LogP contribution is -2.39. The summed E-state index contributed by atoms with van der Waals surface area (Å²) in [6, 6.07) is 18.4. The Kier molecular flexibility index (Phi) is 4.88. The van der Waals surface area contributed by atoms with Crippen LogP contribution in [0.2, 0.25) is 0 Å². The number of benzene rings is 3. The van der Waals surface area contributed by atoms with Gasteiger partial charge in [-0.2, -0.15) is 0 Å². The van der Waals surface area contributed by atoms with E-state index < -0.39 is 0 Å². The lowest BCUT2D eigenvalue weighted by atomic mass is 9.85. The number of halogens is 1. The number of para-hydroxylation sites is 1. The molecule has 1 unspecified atom stereocenters. The summed E-state index contributed by atoms with van der Waals surface area (Å²) in [6.45, 7) is 4.02. The molecular weight excluding hydrogens is 415 g/mol. The first-order chi connectivity index (χ1) is 16.1. The largest absolute Gasteiger partial charge is 0.493 e. The van der Waals surface area contributed by atoms with Gasteiger partial charge in [-0.25, -0.2) is 4.39 Å². The van der Waals surface area contributed by atoms with Crippen LogP contribution in [0, 0.1) is 12.7 Å². The summed E-state index contributed by atoms with van der Waals surface area (Å²) < 4.78 is 25.8. The summed E-state index contributed by atoms with van der Waals surface area (Å²) in [4.78, 5) is 6.19. The number of hydrogen-bond donors (Lipinski definition) is 1. The molecule has 168 valence electrons. The number of fused-ring (bicyclic) bond motifs is 6. The Morgan fingerprint density at radius 3 is 2.82 bits per heavy atom. The molecule has 5 heteroatoms. The van der Waals surface area contributed by atoms with E-state index in [1.807, 2.05) is 6.07 Å². The molecular formula is C28H27FN2O2. The molecule has 1 N–H and O–H groups in total. The Morgan fingerprint density at radius 1 is 1.09 bits per heavy atom. The van der Waals surface area contributed by atoms with Crippen LogP contribution in [0.25, 0.3) is 10.9 Å². The fourth-order valence-corrected chi connectivity index (χ4v) is 5.37. The zero-order valence-corrected chi connectivity index (χ0v) is 19.0. The highest BCUT2D eigenvalue weighted by Gasteiger charge is 2.34. The van der Waals surface area contributed by atoms with E-state index in [-0.39, 0.29) is 5.82 Å². The minimum atomic E-state index is -0.208. The molecule has 1 atom stereocenters. The highest BCUT2D eigenvalue weighted by atomic mass is 19.1. The fraction of sp³-hybridized carbons (Fsp3) is 0.286. The molecule has 1 aromatic heterocycles. The third-order valence-electron chi connectivity index (χ3n) is 7.18. The Balaban J connectivity index is 1.34. The second-order valence-corrected chi connectivity index (χ2v) is 9.14. The van der Waals surface area contributed by atoms with Crippen LogP contribution in [0.4, 0.5) is 4.39 Å². The number of nitrogens with zero attached hydrogens (tertiary/aromatic N) is 1. The van der Waals surface area contributed by atoms with E-state index in [4.69, 9.17) is 9.47 Å². The van der Waals surface area contributed by atoms with Crippen molar-refractivity contribution in [1.82, 2.24) is 9.88 Å². The Morgan fingerprint density at radius 2 is 1.97 bits per heavy atom. The first kappa shape index (κ1) is 20.3. The number of nitrogens with one attached hydrogen (secondary N) is 1. The van der Waals surface area contributed by atoms with Gasteiger partial charge in [0.15, 0.2) is 11.5 Å². The predicted octanol–water partition coefficient (Wildman–Crippen LogP) is 5.86. The van der Waals surface area contributed by atoms with Crippen LogP contribution in [0.3, 0.4) is 0 Å². The highest BCUT2D eigenvalue weighted by molar-refractivity contribution is 5.85. The van der Waals surface area contributed by atoms with Gasteiger partial charge < -0.3 is 14.5 Å². The van der Waals surface area contributed by atoms with E-state index in [1.165, 1.54) is 33.3 Å². The van der Waals surface area contributed by atoms with E-state index in [1.54, 1.807) is 26.2 Å². The van der Waals surface area contributed by atoms with Crippen LogP contribution < -0.4 is 9.47 Å². The lowest BCUT2D eigenvalue weighted by Gasteiger charge is -2.40. The van der Waals surface area contributed by atoms with Crippen LogP contribution in [0.5, 0.6) is 11.5 Å². The number of aromatic amines is 1. The number of ether oxygens (including phenoxy) is 2. The molecule has 0 saturated carbocycles. The molecule has 3 aromatic carbocycles. The van der Waals surface area contributed by atoms with E-state index in [9.17, 15) is 4.39 Å². The molecule has 4 aromatic rings. The number of H-pyrrole nitrogens is 1. The molecule has 0 radical (unpaired) electrons. The van der Waals surface area contributed by atoms with Crippen molar-refractivity contribution in [3.8, 4) is 11.5 Å². The number of hydrogen-bond acceptors (Lipinski definition) is 3. The van der Waals surface area contributed by atoms with Crippen molar-refractivity contribution < 1.29 is 13.9 Å². The molecule has 3 heterocycles. The molecule has 0 spiro atoms. The third kappa shape index (κ3) is 3.47. The number of rotatable bonds is 4. The molecule has 4 nitrogen and oxygen atoms in total. The van der Waals surface area contributed by atoms with Gasteiger partial charge in [-0.15, -0.1) is 0 Å². The fourth-order valence-electron chi connectivity index (χ4n) is 5.37. The second-order valence-electron chi connectivity index (χ2n) is 9.14. The van der Waals surface area contributed by atoms with Crippen molar-refractivity contribution in [2.75, 3.05) is 13.7 Å². The Hall–Kier alpha value is -3.31. The molecule has 0 saturated heterocycles. The van der Waals surface area contributed by atoms with E-state index in [0.29, 0.717) is 24.0 Å². The minimum Gasteiger partial charge on any atom is -0.493 e. The van der Waals surface area contributed by atoms with Gasteiger partial charge in [-0.1, -0.05) is 30.3 Å². The summed E-state index contributed by atoms with van der Waals surface area (Å²) in [5.41, 5.74) is 8.05. The van der Waals surface area contributed by atoms with Crippen molar-refractivity contribution in [2.45, 2.75) is 39.0 Å². The van der Waals surface area contributed by atoms with E-state index in [2.05, 4.69) is 46.3 Å². The average Bonchev–Trinajstić information content (AvgIpc) is 3.20. The van der Waals surface area contributed by atoms with Gasteiger partial charge >= 0.3 is 0 Å². The minimum absolute atomic E-state index is 0.208. The summed E-state index contributed by atoms with van der Waals surface area (Å²) >= 11 is 0. The predicted molar refractivity (Wildman–Crippen MR) is 127 cm³/mol. The standard InChI is InChI=1S/C28H27FN2O2/c1-17-7-8-18(11-23(17)29)16-33-28-14-21-19(12-27(28)32-2)9-10-31-15-25-22(13-26(21)31)20-5-3-4-6-24(20)30-25/h3-8,11-12,14,26,30H,9-10,13,15-16H2,1-2H3. The normalized spacial score (nSPS) is 17.4. The van der Waals surface area contributed by atoms with Gasteiger partial charge in [0.05, 0.1) is 7.11 Å². The van der Waals surface area contributed by atoms with Crippen LogP contribution in [0.15, 0.2) is 54.6 Å². The van der Waals surface area contributed by atoms with Crippen LogP contribution in [-0.2, 0) is 26.0 Å². The van der Waals surface area contributed by atoms with Gasteiger partial charge in [-0.05, 0) is 71.8 Å². The SMILES string of the molecule is COc1cc2c(cc1OCc1ccc(C)c(F)c1)C1Cc3c([nH]c4ccccc34)CN1CC2. The van der Waals surface area contributed by atoms with Gasteiger partial charge in [0.1, 0.15) is 12.4 Å². The second kappa shape index (κ2) is 7.92. The molecule has 0 amide bonds. The molecule has 33 heavy (non-hydrogen) atoms. The Labute approximate surface area is 192 Å². The summed E-state index contributed by atoms with van der Waals surface area (Å²) in [5, 5.41) is 1.32. The van der Waals surface area contributed by atoms with Crippen molar-refractivity contribution >= 4 is 10.9 Å².